The van der Waals surface area contributed by atoms with Crippen molar-refractivity contribution in [3.05, 3.63) is 33.3 Å². The van der Waals surface area contributed by atoms with Gasteiger partial charge >= 0.3 is 0 Å². The summed E-state index contributed by atoms with van der Waals surface area (Å²) in [7, 11) is 0. The van der Waals surface area contributed by atoms with Crippen LogP contribution in [0.3, 0.4) is 0 Å². The van der Waals surface area contributed by atoms with Crippen molar-refractivity contribution >= 4 is 23.0 Å². The van der Waals surface area contributed by atoms with E-state index >= 15 is 0 Å². The minimum Gasteiger partial charge on any atom is -0.365 e. The molecule has 0 unspecified atom stereocenters. The molecule has 4 N–H and O–H groups in total. The van der Waals surface area contributed by atoms with E-state index in [1.54, 1.807) is 11.3 Å². The molecule has 0 amide bonds. The van der Waals surface area contributed by atoms with Gasteiger partial charge in [0.2, 0.25) is 0 Å². The smallest absolute Gasteiger partial charge is 0.148 e. The molecule has 0 aliphatic rings. The van der Waals surface area contributed by atoms with Crippen LogP contribution in [0, 0.1) is 13.8 Å². The summed E-state index contributed by atoms with van der Waals surface area (Å²) in [5, 5.41) is 5.50. The Hall–Kier alpha value is -1.66. The summed E-state index contributed by atoms with van der Waals surface area (Å²) in [6.07, 6.45) is 1.86. The van der Waals surface area contributed by atoms with Crippen LogP contribution >= 0.6 is 11.3 Å². The van der Waals surface area contributed by atoms with Crippen LogP contribution in [0.25, 0.3) is 0 Å². The number of aromatic nitrogens is 2. The maximum atomic E-state index is 5.53. The van der Waals surface area contributed by atoms with Gasteiger partial charge in [-0.2, -0.15) is 0 Å². The van der Waals surface area contributed by atoms with E-state index < -0.39 is 0 Å². The average Bonchev–Trinajstić information content (AvgIpc) is 2.84. The van der Waals surface area contributed by atoms with E-state index in [4.69, 9.17) is 5.84 Å². The molecule has 2 aromatic heterocycles. The lowest BCUT2D eigenvalue weighted by Gasteiger charge is -2.13. The lowest BCUT2D eigenvalue weighted by atomic mass is 10.2. The molecule has 0 aromatic carbocycles. The standard InChI is InChI=1S/C14H21N5S/c1-4-5-12-17-13(10(3)14(18-12)19-15)16-8-11-9(2)6-7-20-11/h6-7H,4-5,8,15H2,1-3H3,(H2,16,17,18,19). The third-order valence-corrected chi connectivity index (χ3v) is 4.21. The number of nitrogen functional groups attached to an aromatic ring is 1. The molecule has 0 aliphatic carbocycles. The SMILES string of the molecule is CCCc1nc(NN)c(C)c(NCc2sccc2C)n1. The third kappa shape index (κ3) is 3.26. The molecule has 0 atom stereocenters. The van der Waals surface area contributed by atoms with Gasteiger partial charge in [0, 0.05) is 16.9 Å². The Balaban J connectivity index is 2.21. The second-order valence-electron chi connectivity index (χ2n) is 4.74. The van der Waals surface area contributed by atoms with E-state index in [9.17, 15) is 0 Å². The highest BCUT2D eigenvalue weighted by Crippen LogP contribution is 2.22. The second kappa shape index (κ2) is 6.67. The highest BCUT2D eigenvalue weighted by Gasteiger charge is 2.10. The summed E-state index contributed by atoms with van der Waals surface area (Å²) in [6, 6.07) is 2.13. The molecule has 0 aliphatic heterocycles. The van der Waals surface area contributed by atoms with Gasteiger partial charge in [-0.3, -0.25) is 0 Å². The Morgan fingerprint density at radius 2 is 2.00 bits per heavy atom. The Morgan fingerprint density at radius 3 is 2.60 bits per heavy atom. The molecule has 6 heteroatoms. The van der Waals surface area contributed by atoms with Gasteiger partial charge < -0.3 is 10.7 Å². The molecule has 0 saturated heterocycles. The van der Waals surface area contributed by atoms with Crippen molar-refractivity contribution < 1.29 is 0 Å². The van der Waals surface area contributed by atoms with Crippen LogP contribution in [0.1, 0.15) is 35.2 Å². The monoisotopic (exact) mass is 291 g/mol. The number of anilines is 2. The zero-order chi connectivity index (χ0) is 14.5. The van der Waals surface area contributed by atoms with Crippen LogP contribution in [0.5, 0.6) is 0 Å². The fraction of sp³-hybridized carbons (Fsp3) is 0.429. The number of hydrogen-bond acceptors (Lipinski definition) is 6. The quantitative estimate of drug-likeness (QED) is 0.563. The van der Waals surface area contributed by atoms with Crippen LogP contribution in [0.2, 0.25) is 0 Å². The highest BCUT2D eigenvalue weighted by atomic mass is 32.1. The molecule has 108 valence electrons. The van der Waals surface area contributed by atoms with Crippen LogP contribution in [0.15, 0.2) is 11.4 Å². The van der Waals surface area contributed by atoms with Gasteiger partial charge in [0.1, 0.15) is 17.5 Å². The predicted octanol–water partition coefficient (Wildman–Crippen LogP) is 3.01. The minimum absolute atomic E-state index is 0.689. The summed E-state index contributed by atoms with van der Waals surface area (Å²) in [6.45, 7) is 6.97. The first kappa shape index (κ1) is 14.7. The molecule has 2 heterocycles. The van der Waals surface area contributed by atoms with Gasteiger partial charge in [-0.25, -0.2) is 15.8 Å². The molecule has 2 aromatic rings. The fourth-order valence-corrected chi connectivity index (χ4v) is 2.81. The second-order valence-corrected chi connectivity index (χ2v) is 5.74. The number of hydrogen-bond donors (Lipinski definition) is 3. The highest BCUT2D eigenvalue weighted by molar-refractivity contribution is 7.10. The minimum atomic E-state index is 0.689. The Morgan fingerprint density at radius 1 is 1.25 bits per heavy atom. The van der Waals surface area contributed by atoms with E-state index in [0.717, 1.165) is 36.6 Å². The molecule has 20 heavy (non-hydrogen) atoms. The molecule has 0 spiro atoms. The number of rotatable bonds is 6. The number of nitrogens with two attached hydrogens (primary N) is 1. The van der Waals surface area contributed by atoms with Crippen molar-refractivity contribution in [2.24, 2.45) is 5.84 Å². The first-order chi connectivity index (χ1) is 9.65. The molecule has 5 nitrogen and oxygen atoms in total. The van der Waals surface area contributed by atoms with E-state index in [2.05, 4.69) is 46.0 Å². The lowest BCUT2D eigenvalue weighted by molar-refractivity contribution is 0.830. The zero-order valence-electron chi connectivity index (χ0n) is 12.2. The Labute approximate surface area is 123 Å². The van der Waals surface area contributed by atoms with Crippen molar-refractivity contribution in [1.29, 1.82) is 0 Å². The number of aryl methyl sites for hydroxylation is 2. The van der Waals surface area contributed by atoms with Crippen LogP contribution < -0.4 is 16.6 Å². The lowest BCUT2D eigenvalue weighted by Crippen LogP contribution is -2.15. The van der Waals surface area contributed by atoms with Crippen molar-refractivity contribution in [2.75, 3.05) is 10.7 Å². The van der Waals surface area contributed by atoms with Gasteiger partial charge in [0.05, 0.1) is 6.54 Å². The fourth-order valence-electron chi connectivity index (χ4n) is 1.96. The Bertz CT molecular complexity index is 579. The molecule has 2 rings (SSSR count). The van der Waals surface area contributed by atoms with Crippen LogP contribution in [-0.4, -0.2) is 9.97 Å². The summed E-state index contributed by atoms with van der Waals surface area (Å²) in [4.78, 5) is 10.3. The number of hydrazine groups is 1. The van der Waals surface area contributed by atoms with E-state index in [1.165, 1.54) is 10.4 Å². The number of nitrogens with one attached hydrogen (secondary N) is 2. The molecule has 0 radical (unpaired) electrons. The molecular weight excluding hydrogens is 270 g/mol. The van der Waals surface area contributed by atoms with E-state index in [0.29, 0.717) is 5.82 Å². The van der Waals surface area contributed by atoms with Gasteiger partial charge in [0.25, 0.3) is 0 Å². The summed E-state index contributed by atoms with van der Waals surface area (Å²) >= 11 is 1.75. The molecule has 0 saturated carbocycles. The van der Waals surface area contributed by atoms with Crippen LogP contribution in [0.4, 0.5) is 11.6 Å². The maximum Gasteiger partial charge on any atom is 0.148 e. The summed E-state index contributed by atoms with van der Waals surface area (Å²) < 4.78 is 0. The molecule has 0 fully saturated rings. The van der Waals surface area contributed by atoms with Gasteiger partial charge in [0.15, 0.2) is 0 Å². The number of nitrogens with zero attached hydrogens (tertiary/aromatic N) is 2. The van der Waals surface area contributed by atoms with Crippen molar-refractivity contribution in [2.45, 2.75) is 40.2 Å². The first-order valence-corrected chi connectivity index (χ1v) is 7.64. The number of thiophene rings is 1. The molecular formula is C14H21N5S. The van der Waals surface area contributed by atoms with E-state index in [1.807, 2.05) is 6.92 Å². The first-order valence-electron chi connectivity index (χ1n) is 6.76. The predicted molar refractivity (Wildman–Crippen MR) is 85.0 cm³/mol. The topological polar surface area (TPSA) is 75.9 Å². The van der Waals surface area contributed by atoms with Crippen molar-refractivity contribution in [3.8, 4) is 0 Å². The van der Waals surface area contributed by atoms with Gasteiger partial charge in [-0.05, 0) is 37.3 Å². The Kier molecular flexibility index (Phi) is 4.92. The largest absolute Gasteiger partial charge is 0.365 e. The average molecular weight is 291 g/mol. The normalized spacial score (nSPS) is 10.6. The van der Waals surface area contributed by atoms with E-state index in [-0.39, 0.29) is 0 Å². The van der Waals surface area contributed by atoms with Gasteiger partial charge in [-0.1, -0.05) is 6.92 Å². The zero-order valence-corrected chi connectivity index (χ0v) is 13.0. The van der Waals surface area contributed by atoms with Gasteiger partial charge in [-0.15, -0.1) is 11.3 Å². The van der Waals surface area contributed by atoms with Crippen LogP contribution in [-0.2, 0) is 13.0 Å². The molecule has 0 bridgehead atoms. The van der Waals surface area contributed by atoms with Crippen molar-refractivity contribution in [3.63, 3.8) is 0 Å². The third-order valence-electron chi connectivity index (χ3n) is 3.19. The maximum absolute atomic E-state index is 5.53. The summed E-state index contributed by atoms with van der Waals surface area (Å²) in [5.41, 5.74) is 4.90. The van der Waals surface area contributed by atoms with Crippen molar-refractivity contribution in [1.82, 2.24) is 9.97 Å². The summed E-state index contributed by atoms with van der Waals surface area (Å²) in [5.74, 6) is 7.89.